The zero-order valence-electron chi connectivity index (χ0n) is 9.37. The van der Waals surface area contributed by atoms with E-state index in [0.717, 1.165) is 0 Å². The summed E-state index contributed by atoms with van der Waals surface area (Å²) in [6.07, 6.45) is -10.2. The van der Waals surface area contributed by atoms with Crippen LogP contribution in [0, 0.1) is 0 Å². The summed E-state index contributed by atoms with van der Waals surface area (Å²) >= 11 is 5.41. The minimum absolute atomic E-state index is 0.149. The summed E-state index contributed by atoms with van der Waals surface area (Å²) in [6.45, 7) is -0.149. The Morgan fingerprint density at radius 2 is 1.74 bits per heavy atom. The van der Waals surface area contributed by atoms with Crippen LogP contribution in [0.25, 0.3) is 0 Å². The van der Waals surface area contributed by atoms with E-state index in [0.29, 0.717) is 12.1 Å². The monoisotopic (exact) mass is 306 g/mol. The lowest BCUT2D eigenvalue weighted by Crippen LogP contribution is -2.12. The normalized spacial score (nSPS) is 12.6. The molecule has 0 saturated carbocycles. The molecule has 0 radical (unpaired) electrons. The molecule has 0 atom stereocenters. The van der Waals surface area contributed by atoms with Gasteiger partial charge in [0.25, 0.3) is 0 Å². The molecule has 0 aliphatic rings. The maximum atomic E-state index is 12.4. The van der Waals surface area contributed by atoms with Crippen LogP contribution in [0.15, 0.2) is 12.1 Å². The fraction of sp³-hybridized carbons (Fsp3) is 0.500. The molecule has 0 saturated heterocycles. The van der Waals surface area contributed by atoms with Gasteiger partial charge in [-0.3, -0.25) is 0 Å². The van der Waals surface area contributed by atoms with E-state index in [9.17, 15) is 26.3 Å². The molecule has 0 spiro atoms. The highest BCUT2D eigenvalue weighted by Crippen LogP contribution is 2.32. The first kappa shape index (κ1) is 15.9. The average molecular weight is 307 g/mol. The van der Waals surface area contributed by atoms with Gasteiger partial charge in [0, 0.05) is 13.0 Å². The van der Waals surface area contributed by atoms with Gasteiger partial charge in [-0.25, -0.2) is 4.98 Å². The van der Waals surface area contributed by atoms with Gasteiger partial charge in [-0.15, -0.1) is 0 Å². The van der Waals surface area contributed by atoms with Gasteiger partial charge in [-0.1, -0.05) is 11.6 Å². The van der Waals surface area contributed by atoms with E-state index in [4.69, 9.17) is 11.6 Å². The minimum atomic E-state index is -4.59. The van der Waals surface area contributed by atoms with Gasteiger partial charge in [0.15, 0.2) is 0 Å². The second-order valence-corrected chi connectivity index (χ2v) is 4.09. The quantitative estimate of drug-likeness (QED) is 0.503. The van der Waals surface area contributed by atoms with Crippen molar-refractivity contribution in [3.05, 3.63) is 22.8 Å². The van der Waals surface area contributed by atoms with Crippen molar-refractivity contribution in [2.24, 2.45) is 0 Å². The fourth-order valence-corrected chi connectivity index (χ4v) is 1.47. The van der Waals surface area contributed by atoms with Crippen molar-refractivity contribution < 1.29 is 26.3 Å². The highest BCUT2D eigenvalue weighted by molar-refractivity contribution is 6.29. The molecular weight excluding hydrogens is 298 g/mol. The number of aromatic nitrogens is 1. The lowest BCUT2D eigenvalue weighted by atomic mass is 10.2. The first-order valence-corrected chi connectivity index (χ1v) is 5.51. The summed E-state index contributed by atoms with van der Waals surface area (Å²) in [7, 11) is 0. The van der Waals surface area contributed by atoms with Crippen molar-refractivity contribution in [2.45, 2.75) is 25.2 Å². The smallest absolute Gasteiger partial charge is 0.370 e. The topological polar surface area (TPSA) is 24.9 Å². The number of nitrogens with zero attached hydrogens (tertiary/aromatic N) is 1. The Balaban J connectivity index is 2.62. The molecule has 0 aromatic carbocycles. The van der Waals surface area contributed by atoms with Gasteiger partial charge in [-0.05, 0) is 18.6 Å². The molecule has 0 aliphatic carbocycles. The molecule has 0 unspecified atom stereocenters. The Morgan fingerprint density at radius 1 is 1.11 bits per heavy atom. The van der Waals surface area contributed by atoms with Crippen molar-refractivity contribution in [3.8, 4) is 0 Å². The van der Waals surface area contributed by atoms with Gasteiger partial charge < -0.3 is 5.32 Å². The minimum Gasteiger partial charge on any atom is -0.370 e. The molecule has 1 heterocycles. The van der Waals surface area contributed by atoms with E-state index < -0.39 is 24.3 Å². The number of nitrogens with one attached hydrogen (secondary N) is 1. The summed E-state index contributed by atoms with van der Waals surface area (Å²) < 4.78 is 72.8. The van der Waals surface area contributed by atoms with Crippen LogP contribution >= 0.6 is 11.6 Å². The average Bonchev–Trinajstić information content (AvgIpc) is 2.21. The first-order chi connectivity index (χ1) is 8.58. The number of anilines is 1. The van der Waals surface area contributed by atoms with Crippen LogP contribution in [0.3, 0.4) is 0 Å². The highest BCUT2D eigenvalue weighted by Gasteiger charge is 2.31. The SMILES string of the molecule is FC(F)(F)CCCNc1cc(C(F)(F)F)cc(Cl)n1. The molecule has 1 aromatic heterocycles. The van der Waals surface area contributed by atoms with Crippen molar-refractivity contribution in [3.63, 3.8) is 0 Å². The Bertz CT molecular complexity index is 429. The standard InChI is InChI=1S/C10H9ClF6N2/c11-7-4-6(10(15,16)17)5-8(19-7)18-3-1-2-9(12,13)14/h4-5H,1-3H2,(H,18,19). The number of halogens is 7. The third-order valence-electron chi connectivity index (χ3n) is 2.06. The number of alkyl halides is 6. The molecule has 0 amide bonds. The van der Waals surface area contributed by atoms with Crippen LogP contribution in [-0.2, 0) is 6.18 Å². The van der Waals surface area contributed by atoms with E-state index in [1.54, 1.807) is 0 Å². The summed E-state index contributed by atoms with van der Waals surface area (Å²) in [5.74, 6) is -0.206. The molecular formula is C10H9ClF6N2. The van der Waals surface area contributed by atoms with Gasteiger partial charge in [0.05, 0.1) is 5.56 Å². The third-order valence-corrected chi connectivity index (χ3v) is 2.26. The summed E-state index contributed by atoms with van der Waals surface area (Å²) in [6, 6.07) is 1.34. The lowest BCUT2D eigenvalue weighted by molar-refractivity contribution is -0.137. The molecule has 19 heavy (non-hydrogen) atoms. The van der Waals surface area contributed by atoms with Gasteiger partial charge in [0.2, 0.25) is 0 Å². The zero-order chi connectivity index (χ0) is 14.7. The Kier molecular flexibility index (Phi) is 4.89. The second kappa shape index (κ2) is 5.85. The predicted octanol–water partition coefficient (Wildman–Crippen LogP) is 4.51. The first-order valence-electron chi connectivity index (χ1n) is 5.13. The molecule has 108 valence electrons. The summed E-state index contributed by atoms with van der Waals surface area (Å²) in [5, 5.41) is 1.99. The molecule has 1 N–H and O–H groups in total. The van der Waals surface area contributed by atoms with Crippen LogP contribution in [0.4, 0.5) is 32.2 Å². The van der Waals surface area contributed by atoms with Gasteiger partial charge in [0.1, 0.15) is 11.0 Å². The molecule has 1 rings (SSSR count). The Labute approximate surface area is 109 Å². The molecule has 0 aliphatic heterocycles. The molecule has 2 nitrogen and oxygen atoms in total. The zero-order valence-corrected chi connectivity index (χ0v) is 10.1. The van der Waals surface area contributed by atoms with Crippen LogP contribution in [0.1, 0.15) is 18.4 Å². The van der Waals surface area contributed by atoms with Crippen LogP contribution in [0.2, 0.25) is 5.15 Å². The van der Waals surface area contributed by atoms with Gasteiger partial charge >= 0.3 is 12.4 Å². The van der Waals surface area contributed by atoms with Crippen molar-refractivity contribution >= 4 is 17.4 Å². The van der Waals surface area contributed by atoms with E-state index in [1.165, 1.54) is 0 Å². The molecule has 1 aromatic rings. The molecule has 0 bridgehead atoms. The van der Waals surface area contributed by atoms with Crippen LogP contribution < -0.4 is 5.32 Å². The largest absolute Gasteiger partial charge is 0.416 e. The Hall–Kier alpha value is -1.18. The Morgan fingerprint density at radius 3 is 2.26 bits per heavy atom. The molecule has 9 heteroatoms. The van der Waals surface area contributed by atoms with Crippen molar-refractivity contribution in [2.75, 3.05) is 11.9 Å². The fourth-order valence-electron chi connectivity index (χ4n) is 1.26. The maximum Gasteiger partial charge on any atom is 0.416 e. The van der Waals surface area contributed by atoms with Crippen LogP contribution in [-0.4, -0.2) is 17.7 Å². The van der Waals surface area contributed by atoms with E-state index >= 15 is 0 Å². The van der Waals surface area contributed by atoms with Crippen LogP contribution in [0.5, 0.6) is 0 Å². The van der Waals surface area contributed by atoms with Crippen molar-refractivity contribution in [1.29, 1.82) is 0 Å². The predicted molar refractivity (Wildman–Crippen MR) is 58.0 cm³/mol. The summed E-state index contributed by atoms with van der Waals surface area (Å²) in [5.41, 5.74) is -1.01. The molecule has 0 fully saturated rings. The van der Waals surface area contributed by atoms with Gasteiger partial charge in [-0.2, -0.15) is 26.3 Å². The van der Waals surface area contributed by atoms with E-state index in [1.807, 2.05) is 0 Å². The second-order valence-electron chi connectivity index (χ2n) is 3.71. The van der Waals surface area contributed by atoms with E-state index in [-0.39, 0.29) is 23.9 Å². The summed E-state index contributed by atoms with van der Waals surface area (Å²) in [4.78, 5) is 3.55. The maximum absolute atomic E-state index is 12.4. The van der Waals surface area contributed by atoms with E-state index in [2.05, 4.69) is 10.3 Å². The third kappa shape index (κ3) is 6.00. The van der Waals surface area contributed by atoms with Crippen molar-refractivity contribution in [1.82, 2.24) is 4.98 Å². The number of hydrogen-bond acceptors (Lipinski definition) is 2. The number of rotatable bonds is 4. The highest BCUT2D eigenvalue weighted by atomic mass is 35.5. The number of hydrogen-bond donors (Lipinski definition) is 1. The number of pyridine rings is 1. The lowest BCUT2D eigenvalue weighted by Gasteiger charge is -2.11.